The Morgan fingerprint density at radius 3 is 2.93 bits per heavy atom. The van der Waals surface area contributed by atoms with Crippen LogP contribution in [0.15, 0.2) is 22.7 Å². The molecule has 2 nitrogen and oxygen atoms in total. The van der Waals surface area contributed by atoms with Crippen LogP contribution in [0.4, 0.5) is 10.1 Å². The number of carbonyl (C=O) groups excluding carboxylic acids is 1. The van der Waals surface area contributed by atoms with Crippen molar-refractivity contribution in [2.45, 2.75) is 19.0 Å². The zero-order chi connectivity index (χ0) is 10.3. The number of amides is 1. The van der Waals surface area contributed by atoms with Crippen molar-refractivity contribution in [2.24, 2.45) is 0 Å². The van der Waals surface area contributed by atoms with Crippen LogP contribution in [0.25, 0.3) is 0 Å². The number of hydrogen-bond acceptors (Lipinski definition) is 1. The van der Waals surface area contributed by atoms with E-state index in [1.807, 2.05) is 0 Å². The molecule has 1 heterocycles. The number of nitrogens with one attached hydrogen (secondary N) is 1. The van der Waals surface area contributed by atoms with Crippen LogP contribution in [-0.4, -0.2) is 5.91 Å². The fraction of sp³-hybridized carbons (Fsp3) is 0.300. The average molecular weight is 258 g/mol. The zero-order valence-corrected chi connectivity index (χ0v) is 9.19. The quantitative estimate of drug-likeness (QED) is 0.824. The first kappa shape index (κ1) is 9.65. The number of alkyl halides is 1. The SMILES string of the molecule is CCC1(F)C(=O)Nc2ccc(Br)cc21. The van der Waals surface area contributed by atoms with E-state index in [-0.39, 0.29) is 6.42 Å². The van der Waals surface area contributed by atoms with Gasteiger partial charge in [0.05, 0.1) is 0 Å². The Morgan fingerprint density at radius 2 is 2.29 bits per heavy atom. The van der Waals surface area contributed by atoms with Gasteiger partial charge in [-0.05, 0) is 24.6 Å². The van der Waals surface area contributed by atoms with Gasteiger partial charge >= 0.3 is 0 Å². The fourth-order valence-electron chi connectivity index (χ4n) is 1.65. The van der Waals surface area contributed by atoms with Crippen LogP contribution in [-0.2, 0) is 10.5 Å². The molecule has 0 fully saturated rings. The lowest BCUT2D eigenvalue weighted by Gasteiger charge is -2.14. The third-order valence-electron chi connectivity index (χ3n) is 2.50. The molecule has 1 aliphatic rings. The zero-order valence-electron chi connectivity index (χ0n) is 7.60. The minimum Gasteiger partial charge on any atom is -0.323 e. The third kappa shape index (κ3) is 1.17. The summed E-state index contributed by atoms with van der Waals surface area (Å²) in [6.07, 6.45) is 0.155. The molecular formula is C10H9BrFNO. The van der Waals surface area contributed by atoms with Gasteiger partial charge in [-0.3, -0.25) is 4.79 Å². The Balaban J connectivity index is 2.61. The molecule has 14 heavy (non-hydrogen) atoms. The summed E-state index contributed by atoms with van der Waals surface area (Å²) in [6, 6.07) is 5.13. The maximum Gasteiger partial charge on any atom is 0.266 e. The molecule has 4 heteroatoms. The van der Waals surface area contributed by atoms with E-state index in [0.717, 1.165) is 4.47 Å². The van der Waals surface area contributed by atoms with Gasteiger partial charge in [0.15, 0.2) is 0 Å². The molecule has 74 valence electrons. The molecule has 0 bridgehead atoms. The molecule has 1 amide bonds. The maximum atomic E-state index is 14.2. The molecule has 1 N–H and O–H groups in total. The van der Waals surface area contributed by atoms with E-state index in [9.17, 15) is 9.18 Å². The molecule has 1 unspecified atom stereocenters. The number of halogens is 2. The molecule has 1 aliphatic heterocycles. The third-order valence-corrected chi connectivity index (χ3v) is 3.00. The number of rotatable bonds is 1. The van der Waals surface area contributed by atoms with Gasteiger partial charge in [0.25, 0.3) is 5.91 Å². The van der Waals surface area contributed by atoms with E-state index >= 15 is 0 Å². The van der Waals surface area contributed by atoms with E-state index in [2.05, 4.69) is 21.2 Å². The van der Waals surface area contributed by atoms with Crippen molar-refractivity contribution in [3.05, 3.63) is 28.2 Å². The van der Waals surface area contributed by atoms with Crippen LogP contribution in [0, 0.1) is 0 Å². The van der Waals surface area contributed by atoms with E-state index in [1.165, 1.54) is 0 Å². The van der Waals surface area contributed by atoms with Crippen molar-refractivity contribution >= 4 is 27.5 Å². The number of fused-ring (bicyclic) bond motifs is 1. The van der Waals surface area contributed by atoms with Gasteiger partial charge in [-0.2, -0.15) is 0 Å². The summed E-state index contributed by atoms with van der Waals surface area (Å²) in [5, 5.41) is 2.53. The second-order valence-corrected chi connectivity index (χ2v) is 4.21. The van der Waals surface area contributed by atoms with E-state index in [4.69, 9.17) is 0 Å². The summed E-state index contributed by atoms with van der Waals surface area (Å²) < 4.78 is 15.0. The lowest BCUT2D eigenvalue weighted by Crippen LogP contribution is -2.28. The first-order valence-corrected chi connectivity index (χ1v) is 5.17. The van der Waals surface area contributed by atoms with E-state index in [0.29, 0.717) is 11.3 Å². The van der Waals surface area contributed by atoms with Crippen LogP contribution in [0.2, 0.25) is 0 Å². The monoisotopic (exact) mass is 257 g/mol. The predicted octanol–water partition coefficient (Wildman–Crippen LogP) is 2.98. The lowest BCUT2D eigenvalue weighted by molar-refractivity contribution is -0.127. The molecule has 0 saturated heterocycles. The standard InChI is InChI=1S/C10H9BrFNO/c1-2-10(12)7-5-6(11)3-4-8(7)13-9(10)14/h3-5H,2H2,1H3,(H,13,14). The molecule has 0 aromatic heterocycles. The molecule has 1 atom stereocenters. The topological polar surface area (TPSA) is 29.1 Å². The molecular weight excluding hydrogens is 249 g/mol. The number of benzene rings is 1. The first-order valence-electron chi connectivity index (χ1n) is 4.38. The Kier molecular flexibility index (Phi) is 2.10. The summed E-state index contributed by atoms with van der Waals surface area (Å²) >= 11 is 3.26. The highest BCUT2D eigenvalue weighted by Gasteiger charge is 2.45. The Hall–Kier alpha value is -0.900. The smallest absolute Gasteiger partial charge is 0.266 e. The Bertz CT molecular complexity index is 407. The maximum absolute atomic E-state index is 14.2. The van der Waals surface area contributed by atoms with Crippen molar-refractivity contribution in [1.29, 1.82) is 0 Å². The molecule has 2 rings (SSSR count). The highest BCUT2D eigenvalue weighted by atomic mass is 79.9. The van der Waals surface area contributed by atoms with Crippen LogP contribution in [0.5, 0.6) is 0 Å². The molecule has 0 spiro atoms. The van der Waals surface area contributed by atoms with Crippen molar-refractivity contribution in [2.75, 3.05) is 5.32 Å². The van der Waals surface area contributed by atoms with Crippen LogP contribution in [0.1, 0.15) is 18.9 Å². The van der Waals surface area contributed by atoms with Gasteiger partial charge < -0.3 is 5.32 Å². The molecule has 0 aliphatic carbocycles. The van der Waals surface area contributed by atoms with E-state index in [1.54, 1.807) is 25.1 Å². The van der Waals surface area contributed by atoms with Gasteiger partial charge in [-0.25, -0.2) is 4.39 Å². The van der Waals surface area contributed by atoms with Crippen molar-refractivity contribution in [1.82, 2.24) is 0 Å². The van der Waals surface area contributed by atoms with Crippen molar-refractivity contribution in [3.8, 4) is 0 Å². The Labute approximate surface area is 89.6 Å². The molecule has 0 radical (unpaired) electrons. The van der Waals surface area contributed by atoms with Crippen molar-refractivity contribution in [3.63, 3.8) is 0 Å². The second-order valence-electron chi connectivity index (χ2n) is 3.30. The molecule has 0 saturated carbocycles. The van der Waals surface area contributed by atoms with Crippen LogP contribution in [0.3, 0.4) is 0 Å². The molecule has 1 aromatic carbocycles. The van der Waals surface area contributed by atoms with Crippen molar-refractivity contribution < 1.29 is 9.18 Å². The van der Waals surface area contributed by atoms with Gasteiger partial charge in [0.1, 0.15) is 0 Å². The first-order chi connectivity index (χ1) is 6.58. The highest BCUT2D eigenvalue weighted by molar-refractivity contribution is 9.10. The second kappa shape index (κ2) is 3.05. The summed E-state index contributed by atoms with van der Waals surface area (Å²) in [5.41, 5.74) is -0.860. The predicted molar refractivity (Wildman–Crippen MR) is 55.8 cm³/mol. The van der Waals surface area contributed by atoms with Crippen LogP contribution < -0.4 is 5.32 Å². The van der Waals surface area contributed by atoms with Gasteiger partial charge in [0, 0.05) is 15.7 Å². The average Bonchev–Trinajstić information content (AvgIpc) is 2.41. The summed E-state index contributed by atoms with van der Waals surface area (Å²) in [7, 11) is 0. The Morgan fingerprint density at radius 1 is 1.57 bits per heavy atom. The van der Waals surface area contributed by atoms with Gasteiger partial charge in [-0.15, -0.1) is 0 Å². The summed E-state index contributed by atoms with van der Waals surface area (Å²) in [6.45, 7) is 1.66. The van der Waals surface area contributed by atoms with Gasteiger partial charge in [0.2, 0.25) is 5.67 Å². The minimum absolute atomic E-state index is 0.155. The largest absolute Gasteiger partial charge is 0.323 e. The summed E-state index contributed by atoms with van der Waals surface area (Å²) in [5.74, 6) is -0.562. The highest BCUT2D eigenvalue weighted by Crippen LogP contribution is 2.42. The number of carbonyl (C=O) groups is 1. The number of anilines is 1. The number of hydrogen-bond donors (Lipinski definition) is 1. The lowest BCUT2D eigenvalue weighted by atomic mass is 9.95. The van der Waals surface area contributed by atoms with Crippen LogP contribution >= 0.6 is 15.9 Å². The van der Waals surface area contributed by atoms with Gasteiger partial charge in [-0.1, -0.05) is 22.9 Å². The van der Waals surface area contributed by atoms with E-state index < -0.39 is 11.6 Å². The summed E-state index contributed by atoms with van der Waals surface area (Å²) in [4.78, 5) is 11.4. The fourth-order valence-corrected chi connectivity index (χ4v) is 2.01. The normalized spacial score (nSPS) is 24.6. The minimum atomic E-state index is -1.86. The molecule has 1 aromatic rings.